The zero-order valence-electron chi connectivity index (χ0n) is 13.4. The highest BCUT2D eigenvalue weighted by atomic mass is 19.1. The van der Waals surface area contributed by atoms with Gasteiger partial charge in [-0.3, -0.25) is 4.79 Å². The summed E-state index contributed by atoms with van der Waals surface area (Å²) in [5.41, 5.74) is 0.823. The van der Waals surface area contributed by atoms with Crippen LogP contribution in [0.3, 0.4) is 0 Å². The summed E-state index contributed by atoms with van der Waals surface area (Å²) in [6.07, 6.45) is -0.686. The van der Waals surface area contributed by atoms with Crippen LogP contribution in [-0.4, -0.2) is 19.1 Å². The molecule has 0 heterocycles. The van der Waals surface area contributed by atoms with Crippen LogP contribution in [0.4, 0.5) is 4.39 Å². The van der Waals surface area contributed by atoms with Crippen molar-refractivity contribution in [2.45, 2.75) is 26.0 Å². The number of amides is 1. The predicted octanol–water partition coefficient (Wildman–Crippen LogP) is 3.48. The van der Waals surface area contributed by atoms with Crippen LogP contribution in [0.2, 0.25) is 0 Å². The topological polar surface area (TPSA) is 47.6 Å². The Morgan fingerprint density at radius 1 is 1.04 bits per heavy atom. The van der Waals surface area contributed by atoms with Crippen molar-refractivity contribution in [1.82, 2.24) is 5.32 Å². The van der Waals surface area contributed by atoms with E-state index >= 15 is 0 Å². The molecule has 0 radical (unpaired) electrons. The Bertz CT molecular complexity index is 658. The third-order valence-electron chi connectivity index (χ3n) is 3.47. The predicted molar refractivity (Wildman–Crippen MR) is 86.0 cm³/mol. The van der Waals surface area contributed by atoms with E-state index in [4.69, 9.17) is 9.47 Å². The lowest BCUT2D eigenvalue weighted by Gasteiger charge is -2.20. The maximum atomic E-state index is 12.9. The number of ether oxygens (including phenoxy) is 2. The molecular weight excluding hydrogens is 297 g/mol. The van der Waals surface area contributed by atoms with Gasteiger partial charge < -0.3 is 14.8 Å². The zero-order chi connectivity index (χ0) is 16.8. The van der Waals surface area contributed by atoms with Crippen LogP contribution in [0.1, 0.15) is 25.5 Å². The molecular formula is C18H20FNO3. The average Bonchev–Trinajstić information content (AvgIpc) is 2.55. The molecule has 0 fully saturated rings. The largest absolute Gasteiger partial charge is 0.493 e. The van der Waals surface area contributed by atoms with E-state index in [9.17, 15) is 9.18 Å². The van der Waals surface area contributed by atoms with Crippen molar-refractivity contribution in [2.24, 2.45) is 0 Å². The molecule has 0 aliphatic heterocycles. The number of rotatable bonds is 6. The van der Waals surface area contributed by atoms with Gasteiger partial charge in [0.05, 0.1) is 13.2 Å². The standard InChI is InChI=1S/C18H20FNO3/c1-12(14-8-10-15(19)11-9-14)20-18(21)13(2)23-17-7-5-4-6-16(17)22-3/h4-13H,1-3H3,(H,20,21)/t12-,13-/m0/s1. The maximum absolute atomic E-state index is 12.9. The Morgan fingerprint density at radius 3 is 2.26 bits per heavy atom. The molecule has 2 rings (SSSR count). The molecule has 0 aliphatic rings. The fraction of sp³-hybridized carbons (Fsp3) is 0.278. The summed E-state index contributed by atoms with van der Waals surface area (Å²) in [6, 6.07) is 12.9. The Morgan fingerprint density at radius 2 is 1.65 bits per heavy atom. The molecule has 0 aliphatic carbocycles. The first-order valence-corrected chi connectivity index (χ1v) is 7.36. The number of carbonyl (C=O) groups excluding carboxylic acids is 1. The van der Waals surface area contributed by atoms with Crippen LogP contribution in [-0.2, 0) is 4.79 Å². The number of hydrogen-bond donors (Lipinski definition) is 1. The maximum Gasteiger partial charge on any atom is 0.261 e. The molecule has 2 atom stereocenters. The Hall–Kier alpha value is -2.56. The van der Waals surface area contributed by atoms with Crippen molar-refractivity contribution in [3.8, 4) is 11.5 Å². The minimum absolute atomic E-state index is 0.244. The van der Waals surface area contributed by atoms with E-state index in [0.717, 1.165) is 5.56 Å². The zero-order valence-corrected chi connectivity index (χ0v) is 13.4. The molecule has 0 aromatic heterocycles. The van der Waals surface area contributed by atoms with Crippen molar-refractivity contribution in [3.63, 3.8) is 0 Å². The summed E-state index contributed by atoms with van der Waals surface area (Å²) < 4.78 is 23.8. The number of benzene rings is 2. The van der Waals surface area contributed by atoms with E-state index in [0.29, 0.717) is 11.5 Å². The molecule has 1 N–H and O–H groups in total. The monoisotopic (exact) mass is 317 g/mol. The van der Waals surface area contributed by atoms with Crippen molar-refractivity contribution in [2.75, 3.05) is 7.11 Å². The van der Waals surface area contributed by atoms with Gasteiger partial charge in [0.2, 0.25) is 0 Å². The fourth-order valence-corrected chi connectivity index (χ4v) is 2.13. The van der Waals surface area contributed by atoms with Crippen molar-refractivity contribution in [1.29, 1.82) is 0 Å². The SMILES string of the molecule is COc1ccccc1O[C@@H](C)C(=O)N[C@@H](C)c1ccc(F)cc1. The highest BCUT2D eigenvalue weighted by molar-refractivity contribution is 5.81. The van der Waals surface area contributed by atoms with Crippen LogP contribution in [0.5, 0.6) is 11.5 Å². The minimum Gasteiger partial charge on any atom is -0.493 e. The van der Waals surface area contributed by atoms with E-state index in [1.54, 1.807) is 38.3 Å². The second-order valence-corrected chi connectivity index (χ2v) is 5.19. The molecule has 0 bridgehead atoms. The third-order valence-corrected chi connectivity index (χ3v) is 3.47. The van der Waals surface area contributed by atoms with Crippen molar-refractivity contribution >= 4 is 5.91 Å². The lowest BCUT2D eigenvalue weighted by Crippen LogP contribution is -2.37. The van der Waals surface area contributed by atoms with Crippen LogP contribution in [0.25, 0.3) is 0 Å². The molecule has 0 saturated carbocycles. The summed E-state index contributed by atoms with van der Waals surface area (Å²) in [6.45, 7) is 3.50. The summed E-state index contributed by atoms with van der Waals surface area (Å²) in [5, 5.41) is 2.85. The number of halogens is 1. The van der Waals surface area contributed by atoms with E-state index in [1.165, 1.54) is 12.1 Å². The van der Waals surface area contributed by atoms with Crippen LogP contribution in [0, 0.1) is 5.82 Å². The Kier molecular flexibility index (Phi) is 5.57. The molecule has 122 valence electrons. The van der Waals surface area contributed by atoms with Gasteiger partial charge >= 0.3 is 0 Å². The van der Waals surface area contributed by atoms with Crippen LogP contribution in [0.15, 0.2) is 48.5 Å². The molecule has 0 saturated heterocycles. The number of nitrogens with one attached hydrogen (secondary N) is 1. The minimum atomic E-state index is -0.686. The molecule has 23 heavy (non-hydrogen) atoms. The summed E-state index contributed by atoms with van der Waals surface area (Å²) in [7, 11) is 1.55. The second-order valence-electron chi connectivity index (χ2n) is 5.19. The van der Waals surface area contributed by atoms with Gasteiger partial charge in [0.1, 0.15) is 5.82 Å². The molecule has 4 nitrogen and oxygen atoms in total. The lowest BCUT2D eigenvalue weighted by molar-refractivity contribution is -0.127. The highest BCUT2D eigenvalue weighted by Gasteiger charge is 2.19. The van der Waals surface area contributed by atoms with Crippen LogP contribution >= 0.6 is 0 Å². The average molecular weight is 317 g/mol. The Balaban J connectivity index is 1.98. The summed E-state index contributed by atoms with van der Waals surface area (Å²) >= 11 is 0. The van der Waals surface area contributed by atoms with Crippen molar-refractivity contribution in [3.05, 3.63) is 59.9 Å². The van der Waals surface area contributed by atoms with E-state index in [1.807, 2.05) is 19.1 Å². The van der Waals surface area contributed by atoms with Gasteiger partial charge in [0, 0.05) is 0 Å². The number of hydrogen-bond acceptors (Lipinski definition) is 3. The summed E-state index contributed by atoms with van der Waals surface area (Å²) in [4.78, 5) is 12.2. The van der Waals surface area contributed by atoms with Gasteiger partial charge in [0.25, 0.3) is 5.91 Å². The fourth-order valence-electron chi connectivity index (χ4n) is 2.13. The van der Waals surface area contributed by atoms with Gasteiger partial charge in [0.15, 0.2) is 17.6 Å². The highest BCUT2D eigenvalue weighted by Crippen LogP contribution is 2.26. The third kappa shape index (κ3) is 4.45. The quantitative estimate of drug-likeness (QED) is 0.887. The lowest BCUT2D eigenvalue weighted by atomic mass is 10.1. The van der Waals surface area contributed by atoms with Gasteiger partial charge in [-0.15, -0.1) is 0 Å². The molecule has 0 spiro atoms. The smallest absolute Gasteiger partial charge is 0.261 e. The first-order chi connectivity index (χ1) is 11.0. The molecule has 0 unspecified atom stereocenters. The number of para-hydroxylation sites is 2. The Labute approximate surface area is 135 Å². The normalized spacial score (nSPS) is 13.0. The van der Waals surface area contributed by atoms with Gasteiger partial charge in [-0.05, 0) is 43.7 Å². The van der Waals surface area contributed by atoms with Gasteiger partial charge in [-0.1, -0.05) is 24.3 Å². The molecule has 5 heteroatoms. The van der Waals surface area contributed by atoms with Crippen LogP contribution < -0.4 is 14.8 Å². The molecule has 2 aromatic carbocycles. The summed E-state index contributed by atoms with van der Waals surface area (Å²) in [5.74, 6) is 0.513. The first-order valence-electron chi connectivity index (χ1n) is 7.36. The number of methoxy groups -OCH3 is 1. The first kappa shape index (κ1) is 16.8. The van der Waals surface area contributed by atoms with E-state index in [-0.39, 0.29) is 17.8 Å². The van der Waals surface area contributed by atoms with Gasteiger partial charge in [-0.2, -0.15) is 0 Å². The molecule has 2 aromatic rings. The number of carbonyl (C=O) groups is 1. The van der Waals surface area contributed by atoms with Crippen molar-refractivity contribution < 1.29 is 18.7 Å². The van der Waals surface area contributed by atoms with E-state index < -0.39 is 6.10 Å². The van der Waals surface area contributed by atoms with E-state index in [2.05, 4.69) is 5.32 Å². The second kappa shape index (κ2) is 7.63. The van der Waals surface area contributed by atoms with Gasteiger partial charge in [-0.25, -0.2) is 4.39 Å². The molecule has 1 amide bonds.